The number of nitrogens with zero attached hydrogens (tertiary/aromatic N) is 3. The normalized spacial score (nSPS) is 11.8. The molecule has 0 aliphatic rings. The number of hydrogen-bond acceptors (Lipinski definition) is 2. The Labute approximate surface area is 109 Å². The summed E-state index contributed by atoms with van der Waals surface area (Å²) in [7, 11) is 4.22. The molecular formula is C15H23N3. The monoisotopic (exact) mass is 245 g/mol. The van der Waals surface area contributed by atoms with E-state index in [0.29, 0.717) is 12.0 Å². The molecule has 0 fully saturated rings. The molecule has 0 radical (unpaired) electrons. The maximum Gasteiger partial charge on any atom is 0.112 e. The van der Waals surface area contributed by atoms with Gasteiger partial charge in [0.15, 0.2) is 0 Å². The predicted octanol–water partition coefficient (Wildman–Crippen LogP) is 3.54. The molecule has 98 valence electrons. The molecule has 2 aromatic rings. The van der Waals surface area contributed by atoms with E-state index in [4.69, 9.17) is 4.98 Å². The van der Waals surface area contributed by atoms with Crippen LogP contribution >= 0.6 is 0 Å². The molecule has 0 spiro atoms. The number of rotatable bonds is 3. The highest BCUT2D eigenvalue weighted by atomic mass is 15.1. The predicted molar refractivity (Wildman–Crippen MR) is 78.3 cm³/mol. The fourth-order valence-corrected chi connectivity index (χ4v) is 2.24. The summed E-state index contributed by atoms with van der Waals surface area (Å²) in [4.78, 5) is 7.02. The molecule has 18 heavy (non-hydrogen) atoms. The minimum Gasteiger partial charge on any atom is -0.372 e. The van der Waals surface area contributed by atoms with Gasteiger partial charge in [-0.2, -0.15) is 0 Å². The first-order valence-electron chi connectivity index (χ1n) is 6.61. The van der Waals surface area contributed by atoms with Crippen molar-refractivity contribution in [3.8, 4) is 0 Å². The Morgan fingerprint density at radius 1 is 1.17 bits per heavy atom. The van der Waals surface area contributed by atoms with Crippen LogP contribution in [0.3, 0.4) is 0 Å². The smallest absolute Gasteiger partial charge is 0.112 e. The fraction of sp³-hybridized carbons (Fsp3) is 0.533. The lowest BCUT2D eigenvalue weighted by atomic mass is 10.2. The van der Waals surface area contributed by atoms with Gasteiger partial charge in [-0.3, -0.25) is 0 Å². The summed E-state index contributed by atoms with van der Waals surface area (Å²) < 4.78 is 2.19. The lowest BCUT2D eigenvalue weighted by Gasteiger charge is -2.23. The van der Waals surface area contributed by atoms with Gasteiger partial charge in [-0.15, -0.1) is 0 Å². The van der Waals surface area contributed by atoms with E-state index in [1.54, 1.807) is 0 Å². The second-order valence-corrected chi connectivity index (χ2v) is 5.56. The van der Waals surface area contributed by atoms with Crippen molar-refractivity contribution in [2.45, 2.75) is 39.7 Å². The zero-order valence-electron chi connectivity index (χ0n) is 12.2. The van der Waals surface area contributed by atoms with Gasteiger partial charge in [0, 0.05) is 31.7 Å². The third-order valence-electron chi connectivity index (χ3n) is 3.60. The lowest BCUT2D eigenvalue weighted by Crippen LogP contribution is -2.25. The molecule has 0 N–H and O–H groups in total. The summed E-state index contributed by atoms with van der Waals surface area (Å²) in [5.41, 5.74) is 3.52. The molecule has 1 aromatic heterocycles. The van der Waals surface area contributed by atoms with Crippen LogP contribution in [0.15, 0.2) is 18.2 Å². The van der Waals surface area contributed by atoms with Crippen molar-refractivity contribution >= 4 is 16.7 Å². The Morgan fingerprint density at radius 3 is 2.39 bits per heavy atom. The van der Waals surface area contributed by atoms with Crippen LogP contribution < -0.4 is 4.90 Å². The molecule has 0 saturated heterocycles. The summed E-state index contributed by atoms with van der Waals surface area (Å²) in [5, 5.41) is 0. The number of imidazole rings is 1. The van der Waals surface area contributed by atoms with Crippen molar-refractivity contribution in [3.05, 3.63) is 24.0 Å². The minimum absolute atomic E-state index is 0.452. The van der Waals surface area contributed by atoms with Crippen LogP contribution in [0.2, 0.25) is 0 Å². The molecule has 0 amide bonds. The second kappa shape index (κ2) is 4.63. The Morgan fingerprint density at radius 2 is 1.83 bits per heavy atom. The third-order valence-corrected chi connectivity index (χ3v) is 3.60. The molecule has 3 nitrogen and oxygen atoms in total. The van der Waals surface area contributed by atoms with E-state index in [1.807, 2.05) is 0 Å². The summed E-state index contributed by atoms with van der Waals surface area (Å²) in [5.74, 6) is 1.60. The maximum absolute atomic E-state index is 4.75. The zero-order valence-corrected chi connectivity index (χ0v) is 12.2. The van der Waals surface area contributed by atoms with E-state index >= 15 is 0 Å². The maximum atomic E-state index is 4.75. The average Bonchev–Trinajstić information content (AvgIpc) is 2.65. The van der Waals surface area contributed by atoms with E-state index in [1.165, 1.54) is 11.2 Å². The standard InChI is InChI=1S/C15H23N3/c1-10(2)15-16-13-9-12(17(5)11(3)4)7-8-14(13)18(15)6/h7-11H,1-6H3. The first kappa shape index (κ1) is 12.9. The summed E-state index contributed by atoms with van der Waals surface area (Å²) in [6, 6.07) is 7.02. The quantitative estimate of drug-likeness (QED) is 0.824. The topological polar surface area (TPSA) is 21.1 Å². The van der Waals surface area contributed by atoms with Gasteiger partial charge >= 0.3 is 0 Å². The van der Waals surface area contributed by atoms with Gasteiger partial charge in [-0.1, -0.05) is 13.8 Å². The first-order valence-corrected chi connectivity index (χ1v) is 6.61. The number of aromatic nitrogens is 2. The van der Waals surface area contributed by atoms with Crippen molar-refractivity contribution in [3.63, 3.8) is 0 Å². The molecule has 0 aliphatic carbocycles. The van der Waals surface area contributed by atoms with Gasteiger partial charge in [-0.25, -0.2) is 4.98 Å². The van der Waals surface area contributed by atoms with E-state index in [0.717, 1.165) is 11.3 Å². The summed E-state index contributed by atoms with van der Waals surface area (Å²) in [6.07, 6.45) is 0. The SMILES string of the molecule is CC(C)c1nc2cc(N(C)C(C)C)ccc2n1C. The lowest BCUT2D eigenvalue weighted by molar-refractivity contribution is 0.722. The number of fused-ring (bicyclic) bond motifs is 1. The van der Waals surface area contributed by atoms with Gasteiger partial charge < -0.3 is 9.47 Å². The van der Waals surface area contributed by atoms with E-state index in [9.17, 15) is 0 Å². The molecule has 0 aliphatic heterocycles. The van der Waals surface area contributed by atoms with E-state index < -0.39 is 0 Å². The minimum atomic E-state index is 0.452. The molecule has 0 bridgehead atoms. The Bertz CT molecular complexity index is 552. The van der Waals surface area contributed by atoms with Gasteiger partial charge in [0.25, 0.3) is 0 Å². The van der Waals surface area contributed by atoms with Crippen molar-refractivity contribution in [2.75, 3.05) is 11.9 Å². The van der Waals surface area contributed by atoms with Gasteiger partial charge in [0.2, 0.25) is 0 Å². The number of benzene rings is 1. The van der Waals surface area contributed by atoms with Crippen molar-refractivity contribution in [1.29, 1.82) is 0 Å². The number of aryl methyl sites for hydroxylation is 1. The molecule has 1 aromatic carbocycles. The van der Waals surface area contributed by atoms with E-state index in [-0.39, 0.29) is 0 Å². The van der Waals surface area contributed by atoms with Gasteiger partial charge in [0.1, 0.15) is 5.82 Å². The van der Waals surface area contributed by atoms with Gasteiger partial charge in [0.05, 0.1) is 11.0 Å². The molecule has 3 heteroatoms. The van der Waals surface area contributed by atoms with Crippen LogP contribution in [0.25, 0.3) is 11.0 Å². The van der Waals surface area contributed by atoms with Crippen LogP contribution in [0.1, 0.15) is 39.4 Å². The molecule has 0 unspecified atom stereocenters. The summed E-state index contributed by atoms with van der Waals surface area (Å²) in [6.45, 7) is 8.76. The largest absolute Gasteiger partial charge is 0.372 e. The van der Waals surface area contributed by atoms with Crippen molar-refractivity contribution in [1.82, 2.24) is 9.55 Å². The molecule has 0 saturated carbocycles. The third kappa shape index (κ3) is 2.09. The number of anilines is 1. The van der Waals surface area contributed by atoms with Crippen LogP contribution in [0.4, 0.5) is 5.69 Å². The number of hydrogen-bond donors (Lipinski definition) is 0. The highest BCUT2D eigenvalue weighted by Crippen LogP contribution is 2.25. The van der Waals surface area contributed by atoms with Gasteiger partial charge in [-0.05, 0) is 32.0 Å². The van der Waals surface area contributed by atoms with E-state index in [2.05, 4.69) is 69.5 Å². The Kier molecular flexibility index (Phi) is 3.33. The molecule has 0 atom stereocenters. The van der Waals surface area contributed by atoms with Crippen LogP contribution in [-0.2, 0) is 7.05 Å². The highest BCUT2D eigenvalue weighted by molar-refractivity contribution is 5.80. The fourth-order valence-electron chi connectivity index (χ4n) is 2.24. The molecule has 1 heterocycles. The first-order chi connectivity index (χ1) is 8.41. The Balaban J connectivity index is 2.52. The molecular weight excluding hydrogens is 222 g/mol. The van der Waals surface area contributed by atoms with Crippen molar-refractivity contribution in [2.24, 2.45) is 7.05 Å². The van der Waals surface area contributed by atoms with Crippen LogP contribution in [-0.4, -0.2) is 22.6 Å². The average molecular weight is 245 g/mol. The second-order valence-electron chi connectivity index (χ2n) is 5.56. The highest BCUT2D eigenvalue weighted by Gasteiger charge is 2.12. The molecule has 2 rings (SSSR count). The van der Waals surface area contributed by atoms with Crippen molar-refractivity contribution < 1.29 is 0 Å². The summed E-state index contributed by atoms with van der Waals surface area (Å²) >= 11 is 0. The zero-order chi connectivity index (χ0) is 13.4. The van der Waals surface area contributed by atoms with Crippen LogP contribution in [0.5, 0.6) is 0 Å². The Hall–Kier alpha value is -1.51. The van der Waals surface area contributed by atoms with Crippen LogP contribution in [0, 0.1) is 0 Å².